The van der Waals surface area contributed by atoms with Crippen LogP contribution in [0, 0.1) is 18.2 Å². The van der Waals surface area contributed by atoms with Crippen molar-refractivity contribution in [3.63, 3.8) is 0 Å². The molecular weight excluding hydrogens is 640 g/mol. The minimum atomic E-state index is -0.727. The third-order valence-electron chi connectivity index (χ3n) is 8.86. The van der Waals surface area contributed by atoms with Crippen LogP contribution in [-0.4, -0.2) is 94.4 Å². The van der Waals surface area contributed by atoms with Gasteiger partial charge in [0.05, 0.1) is 10.4 Å². The van der Waals surface area contributed by atoms with E-state index in [-0.39, 0.29) is 47.9 Å². The maximum absolute atomic E-state index is 16.7. The molecule has 4 aromatic rings. The molecule has 2 aliphatic rings. The highest BCUT2D eigenvalue weighted by molar-refractivity contribution is 6.36. The minimum absolute atomic E-state index is 0.00907. The Morgan fingerprint density at radius 3 is 2.69 bits per heavy atom. The van der Waals surface area contributed by atoms with Gasteiger partial charge in [-0.1, -0.05) is 42.8 Å². The number of carbonyl (C=O) groups is 1. The van der Waals surface area contributed by atoms with Gasteiger partial charge in [-0.15, -0.1) is 0 Å². The zero-order valence-electron chi connectivity index (χ0n) is 27.5. The molecule has 0 unspecified atom stereocenters. The lowest BCUT2D eigenvalue weighted by Crippen LogP contribution is -2.57. The lowest BCUT2D eigenvalue weighted by atomic mass is 10.0. The molecule has 6 rings (SSSR count). The van der Waals surface area contributed by atoms with Crippen molar-refractivity contribution in [1.29, 1.82) is 0 Å². The number of amides is 1. The number of piperazine rings is 1. The molecule has 2 aliphatic heterocycles. The third kappa shape index (κ3) is 6.66. The molecule has 0 saturated carbocycles. The molecule has 2 atom stereocenters. The Labute approximate surface area is 283 Å². The smallest absolute Gasteiger partial charge is 0.410 e. The Morgan fingerprint density at radius 1 is 1.12 bits per heavy atom. The summed E-state index contributed by atoms with van der Waals surface area (Å²) in [6, 6.07) is 7.71. The van der Waals surface area contributed by atoms with Gasteiger partial charge in [0, 0.05) is 42.8 Å². The number of likely N-dealkylation sites (N-methyl/N-ethyl adjacent to an activating group) is 1. The number of pyridine rings is 1. The molecule has 2 saturated heterocycles. The fraction of sp³-hybridized carbons (Fsp3) is 0.457. The predicted octanol–water partition coefficient (Wildman–Crippen LogP) is 6.98. The number of hydrogen-bond acceptors (Lipinski definition) is 8. The number of benzene rings is 2. The van der Waals surface area contributed by atoms with Crippen molar-refractivity contribution in [2.45, 2.75) is 58.2 Å². The van der Waals surface area contributed by atoms with Gasteiger partial charge in [-0.2, -0.15) is 9.97 Å². The quantitative estimate of drug-likeness (QED) is 0.194. The molecule has 252 valence electrons. The Morgan fingerprint density at radius 2 is 1.94 bits per heavy atom. The summed E-state index contributed by atoms with van der Waals surface area (Å²) in [5, 5.41) is 1.20. The van der Waals surface area contributed by atoms with Crippen LogP contribution in [0.25, 0.3) is 37.8 Å². The lowest BCUT2D eigenvalue weighted by molar-refractivity contribution is 0.0155. The van der Waals surface area contributed by atoms with E-state index >= 15 is 4.39 Å². The Hall–Kier alpha value is -4.34. The van der Waals surface area contributed by atoms with Gasteiger partial charge in [-0.05, 0) is 58.2 Å². The summed E-state index contributed by atoms with van der Waals surface area (Å²) >= 11 is 6.40. The van der Waals surface area contributed by atoms with Crippen molar-refractivity contribution in [3.8, 4) is 17.3 Å². The number of rotatable bonds is 7. The van der Waals surface area contributed by atoms with E-state index in [0.717, 1.165) is 25.9 Å². The normalized spacial score (nSPS) is 18.8. The number of ether oxygens (including phenoxy) is 2. The van der Waals surface area contributed by atoms with E-state index in [2.05, 4.69) is 26.6 Å². The standard InChI is InChI=1S/C35H38ClF2N7O3/c1-6-43-14-8-10-22(43)20-47-33-41-31-25(18-40-30(29(31)38)24-11-7-9-21-12-13-26(37)28(36)27(21)24)32(42-33)44-15-16-45(23(19-44)17-39-5)34(46)48-35(2,3)4/h7,9,11-13,18,22-23H,6,8,10,14-17,19-20H2,1-4H3/t22-,23-/m0/s1. The number of nitrogens with zero attached hydrogens (tertiary/aromatic N) is 7. The fourth-order valence-electron chi connectivity index (χ4n) is 6.56. The first kappa shape index (κ1) is 33.6. The van der Waals surface area contributed by atoms with E-state index in [1.807, 2.05) is 4.90 Å². The van der Waals surface area contributed by atoms with Crippen molar-refractivity contribution in [3.05, 3.63) is 64.6 Å². The van der Waals surface area contributed by atoms with Crippen LogP contribution in [0.3, 0.4) is 0 Å². The fourth-order valence-corrected chi connectivity index (χ4v) is 6.84. The number of halogens is 3. The number of anilines is 1. The van der Waals surface area contributed by atoms with Gasteiger partial charge in [0.25, 0.3) is 0 Å². The Bertz CT molecular complexity index is 1900. The molecule has 13 heteroatoms. The van der Waals surface area contributed by atoms with Crippen LogP contribution in [-0.2, 0) is 4.74 Å². The highest BCUT2D eigenvalue weighted by Gasteiger charge is 2.37. The Balaban J connectivity index is 1.43. The highest BCUT2D eigenvalue weighted by Crippen LogP contribution is 2.38. The van der Waals surface area contributed by atoms with Gasteiger partial charge in [-0.25, -0.2) is 20.1 Å². The number of likely N-dealkylation sites (tertiary alicyclic amines) is 1. The van der Waals surface area contributed by atoms with Crippen LogP contribution in [0.2, 0.25) is 5.02 Å². The second-order valence-corrected chi connectivity index (χ2v) is 13.5. The number of hydrogen-bond donors (Lipinski definition) is 0. The molecule has 2 fully saturated rings. The molecule has 48 heavy (non-hydrogen) atoms. The molecule has 0 aliphatic carbocycles. The average molecular weight is 678 g/mol. The van der Waals surface area contributed by atoms with E-state index in [0.29, 0.717) is 40.7 Å². The van der Waals surface area contributed by atoms with Crippen molar-refractivity contribution < 1.29 is 23.0 Å². The van der Waals surface area contributed by atoms with Crippen LogP contribution in [0.15, 0.2) is 36.5 Å². The molecule has 1 amide bonds. The first-order chi connectivity index (χ1) is 23.0. The highest BCUT2D eigenvalue weighted by atomic mass is 35.5. The second-order valence-electron chi connectivity index (χ2n) is 13.1. The maximum Gasteiger partial charge on any atom is 0.410 e. The van der Waals surface area contributed by atoms with Crippen LogP contribution in [0.1, 0.15) is 40.5 Å². The number of carbonyl (C=O) groups excluding carboxylic acids is 1. The van der Waals surface area contributed by atoms with E-state index in [1.54, 1.807) is 49.9 Å². The zero-order chi connectivity index (χ0) is 34.2. The van der Waals surface area contributed by atoms with Gasteiger partial charge in [0.1, 0.15) is 41.1 Å². The molecule has 0 radical (unpaired) electrons. The van der Waals surface area contributed by atoms with Crippen molar-refractivity contribution in [2.75, 3.05) is 50.8 Å². The number of fused-ring (bicyclic) bond motifs is 2. The molecular formula is C35H38ClF2N7O3. The van der Waals surface area contributed by atoms with E-state index < -0.39 is 29.4 Å². The predicted molar refractivity (Wildman–Crippen MR) is 181 cm³/mol. The van der Waals surface area contributed by atoms with Gasteiger partial charge >= 0.3 is 12.1 Å². The second kappa shape index (κ2) is 13.6. The summed E-state index contributed by atoms with van der Waals surface area (Å²) in [4.78, 5) is 36.3. The average Bonchev–Trinajstić information content (AvgIpc) is 3.52. The van der Waals surface area contributed by atoms with Crippen LogP contribution in [0.5, 0.6) is 6.01 Å². The van der Waals surface area contributed by atoms with E-state index in [4.69, 9.17) is 32.6 Å². The SMILES string of the molecule is [C-]#[N+]C[C@H]1CN(c2nc(OC[C@@H]3CCCN3CC)nc3c(F)c(-c4cccc5ccc(F)c(Cl)c45)ncc23)CCN1C(=O)OC(C)(C)C. The van der Waals surface area contributed by atoms with Crippen molar-refractivity contribution >= 4 is 45.2 Å². The molecule has 0 N–H and O–H groups in total. The van der Waals surface area contributed by atoms with Crippen LogP contribution in [0.4, 0.5) is 19.4 Å². The minimum Gasteiger partial charge on any atom is -0.462 e. The summed E-state index contributed by atoms with van der Waals surface area (Å²) in [5.41, 5.74) is -0.421. The van der Waals surface area contributed by atoms with Gasteiger partial charge in [0.2, 0.25) is 6.54 Å². The van der Waals surface area contributed by atoms with Gasteiger partial charge in [0.15, 0.2) is 5.82 Å². The largest absolute Gasteiger partial charge is 0.462 e. The van der Waals surface area contributed by atoms with Gasteiger partial charge in [-0.3, -0.25) is 14.8 Å². The van der Waals surface area contributed by atoms with E-state index in [1.165, 1.54) is 12.3 Å². The molecule has 0 bridgehead atoms. The third-order valence-corrected chi connectivity index (χ3v) is 9.23. The Kier molecular flexibility index (Phi) is 9.54. The summed E-state index contributed by atoms with van der Waals surface area (Å²) in [6.45, 7) is 18.2. The molecule has 2 aromatic heterocycles. The lowest BCUT2D eigenvalue weighted by Gasteiger charge is -2.40. The summed E-state index contributed by atoms with van der Waals surface area (Å²) in [5.74, 6) is -0.965. The summed E-state index contributed by atoms with van der Waals surface area (Å²) < 4.78 is 43.1. The number of aromatic nitrogens is 3. The molecule has 2 aromatic carbocycles. The van der Waals surface area contributed by atoms with Crippen LogP contribution >= 0.6 is 11.6 Å². The van der Waals surface area contributed by atoms with Crippen molar-refractivity contribution in [2.24, 2.45) is 0 Å². The molecule has 4 heterocycles. The monoisotopic (exact) mass is 677 g/mol. The first-order valence-corrected chi connectivity index (χ1v) is 16.5. The molecule has 0 spiro atoms. The first-order valence-electron chi connectivity index (χ1n) is 16.2. The summed E-state index contributed by atoms with van der Waals surface area (Å²) in [6.07, 6.45) is 3.04. The zero-order valence-corrected chi connectivity index (χ0v) is 28.2. The van der Waals surface area contributed by atoms with Crippen molar-refractivity contribution in [1.82, 2.24) is 24.8 Å². The molecule has 10 nitrogen and oxygen atoms in total. The van der Waals surface area contributed by atoms with E-state index in [9.17, 15) is 9.18 Å². The van der Waals surface area contributed by atoms with Gasteiger partial charge < -0.3 is 19.2 Å². The topological polar surface area (TPSA) is 88.3 Å². The maximum atomic E-state index is 16.7. The van der Waals surface area contributed by atoms with Crippen LogP contribution < -0.4 is 9.64 Å². The summed E-state index contributed by atoms with van der Waals surface area (Å²) in [7, 11) is 0.